The molecule has 0 bridgehead atoms. The summed E-state index contributed by atoms with van der Waals surface area (Å²) in [5.41, 5.74) is 0. The van der Waals surface area contributed by atoms with Gasteiger partial charge in [-0.3, -0.25) is 4.79 Å². The molecule has 0 spiro atoms. The summed E-state index contributed by atoms with van der Waals surface area (Å²) in [6.07, 6.45) is 0.554. The monoisotopic (exact) mass is 243 g/mol. The highest BCUT2D eigenvalue weighted by molar-refractivity contribution is 7.14. The molecular weight excluding hydrogens is 226 g/mol. The van der Waals surface area contributed by atoms with Crippen LogP contribution in [0.25, 0.3) is 0 Å². The van der Waals surface area contributed by atoms with Gasteiger partial charge >= 0.3 is 0 Å². The Morgan fingerprint density at radius 3 is 2.94 bits per heavy atom. The van der Waals surface area contributed by atoms with Crippen molar-refractivity contribution in [3.8, 4) is 5.75 Å². The molecule has 0 aliphatic carbocycles. The number of amides is 1. The molecule has 16 heavy (non-hydrogen) atoms. The molecular formula is C11H17NO3S. The van der Waals surface area contributed by atoms with E-state index in [4.69, 9.17) is 9.84 Å². The standard InChI is InChI=1S/C11H17NO3S/c1-7(4-5-13)12-11(14)10-9(15-3)6-8(2)16-10/h6-7,13H,4-5H2,1-3H3,(H,12,14). The van der Waals surface area contributed by atoms with Crippen molar-refractivity contribution < 1.29 is 14.6 Å². The van der Waals surface area contributed by atoms with Crippen LogP contribution in [0, 0.1) is 6.92 Å². The molecule has 1 aromatic heterocycles. The van der Waals surface area contributed by atoms with Crippen LogP contribution in [0.1, 0.15) is 27.9 Å². The van der Waals surface area contributed by atoms with Crippen LogP contribution in [0.5, 0.6) is 5.75 Å². The summed E-state index contributed by atoms with van der Waals surface area (Å²) in [7, 11) is 1.55. The van der Waals surface area contributed by atoms with Crippen molar-refractivity contribution in [2.45, 2.75) is 26.3 Å². The third kappa shape index (κ3) is 3.21. The first-order valence-corrected chi connectivity index (χ1v) is 5.96. The predicted molar refractivity (Wildman–Crippen MR) is 64.2 cm³/mol. The molecule has 1 amide bonds. The van der Waals surface area contributed by atoms with Crippen LogP contribution in [0.4, 0.5) is 0 Å². The molecule has 0 fully saturated rings. The van der Waals surface area contributed by atoms with Crippen molar-refractivity contribution >= 4 is 17.2 Å². The molecule has 1 unspecified atom stereocenters. The summed E-state index contributed by atoms with van der Waals surface area (Å²) in [5.74, 6) is 0.465. The normalized spacial score (nSPS) is 12.2. The van der Waals surface area contributed by atoms with Crippen LogP contribution in [0.15, 0.2) is 6.07 Å². The summed E-state index contributed by atoms with van der Waals surface area (Å²) in [6.45, 7) is 3.87. The topological polar surface area (TPSA) is 58.6 Å². The maximum absolute atomic E-state index is 11.9. The van der Waals surface area contributed by atoms with E-state index < -0.39 is 0 Å². The number of methoxy groups -OCH3 is 1. The van der Waals surface area contributed by atoms with Gasteiger partial charge in [-0.1, -0.05) is 0 Å². The van der Waals surface area contributed by atoms with Gasteiger partial charge in [0.25, 0.3) is 5.91 Å². The average molecular weight is 243 g/mol. The van der Waals surface area contributed by atoms with Gasteiger partial charge in [-0.25, -0.2) is 0 Å². The lowest BCUT2D eigenvalue weighted by Gasteiger charge is -2.11. The molecule has 1 rings (SSSR count). The quantitative estimate of drug-likeness (QED) is 0.825. The number of ether oxygens (including phenoxy) is 1. The van der Waals surface area contributed by atoms with Gasteiger partial charge in [0.2, 0.25) is 0 Å². The molecule has 0 saturated carbocycles. The number of hydrogen-bond acceptors (Lipinski definition) is 4. The van der Waals surface area contributed by atoms with Gasteiger partial charge < -0.3 is 15.2 Å². The zero-order valence-electron chi connectivity index (χ0n) is 9.74. The molecule has 0 aromatic carbocycles. The minimum Gasteiger partial charge on any atom is -0.495 e. The van der Waals surface area contributed by atoms with Gasteiger partial charge in [-0.2, -0.15) is 0 Å². The van der Waals surface area contributed by atoms with Crippen molar-refractivity contribution in [1.82, 2.24) is 5.32 Å². The highest BCUT2D eigenvalue weighted by atomic mass is 32.1. The van der Waals surface area contributed by atoms with E-state index in [-0.39, 0.29) is 18.6 Å². The van der Waals surface area contributed by atoms with Crippen LogP contribution in [0.3, 0.4) is 0 Å². The van der Waals surface area contributed by atoms with Gasteiger partial charge in [0, 0.05) is 17.5 Å². The fourth-order valence-corrected chi connectivity index (χ4v) is 2.24. The van der Waals surface area contributed by atoms with E-state index in [0.717, 1.165) is 4.88 Å². The predicted octanol–water partition coefficient (Wildman–Crippen LogP) is 1.57. The van der Waals surface area contributed by atoms with E-state index in [1.54, 1.807) is 7.11 Å². The number of rotatable bonds is 5. The van der Waals surface area contributed by atoms with E-state index in [1.165, 1.54) is 11.3 Å². The second-order valence-corrected chi connectivity index (χ2v) is 4.90. The van der Waals surface area contributed by atoms with Gasteiger partial charge in [0.1, 0.15) is 10.6 Å². The molecule has 0 aliphatic heterocycles. The third-order valence-electron chi connectivity index (χ3n) is 2.19. The second kappa shape index (κ2) is 5.86. The van der Waals surface area contributed by atoms with E-state index in [2.05, 4.69) is 5.32 Å². The molecule has 1 atom stereocenters. The smallest absolute Gasteiger partial charge is 0.265 e. The van der Waals surface area contributed by atoms with Gasteiger partial charge in [0.15, 0.2) is 0 Å². The molecule has 4 nitrogen and oxygen atoms in total. The molecule has 90 valence electrons. The summed E-state index contributed by atoms with van der Waals surface area (Å²) in [5, 5.41) is 11.6. The van der Waals surface area contributed by atoms with Gasteiger partial charge in [-0.05, 0) is 26.3 Å². The highest BCUT2D eigenvalue weighted by Crippen LogP contribution is 2.28. The van der Waals surface area contributed by atoms with Crippen molar-refractivity contribution in [3.63, 3.8) is 0 Å². The number of aliphatic hydroxyl groups excluding tert-OH is 1. The Balaban J connectivity index is 2.72. The fraction of sp³-hybridized carbons (Fsp3) is 0.545. The summed E-state index contributed by atoms with van der Waals surface area (Å²) in [6, 6.07) is 1.81. The first kappa shape index (κ1) is 13.0. The Hall–Kier alpha value is -1.07. The lowest BCUT2D eigenvalue weighted by molar-refractivity contribution is 0.0936. The Kier molecular flexibility index (Phi) is 4.76. The molecule has 5 heteroatoms. The molecule has 0 aliphatic rings. The number of hydrogen-bond donors (Lipinski definition) is 2. The molecule has 0 radical (unpaired) electrons. The number of nitrogens with one attached hydrogen (secondary N) is 1. The summed E-state index contributed by atoms with van der Waals surface area (Å²) < 4.78 is 5.13. The minimum absolute atomic E-state index is 0.0374. The first-order valence-electron chi connectivity index (χ1n) is 5.14. The van der Waals surface area contributed by atoms with Crippen LogP contribution < -0.4 is 10.1 Å². The van der Waals surface area contributed by atoms with Crippen LogP contribution in [0.2, 0.25) is 0 Å². The first-order chi connectivity index (χ1) is 7.58. The summed E-state index contributed by atoms with van der Waals surface area (Å²) >= 11 is 1.41. The maximum Gasteiger partial charge on any atom is 0.265 e. The minimum atomic E-state index is -0.143. The Morgan fingerprint density at radius 1 is 1.69 bits per heavy atom. The Morgan fingerprint density at radius 2 is 2.38 bits per heavy atom. The Bertz CT molecular complexity index is 362. The summed E-state index contributed by atoms with van der Waals surface area (Å²) in [4.78, 5) is 13.5. The molecule has 1 heterocycles. The van der Waals surface area contributed by atoms with E-state index in [0.29, 0.717) is 17.0 Å². The fourth-order valence-electron chi connectivity index (χ4n) is 1.36. The van der Waals surface area contributed by atoms with E-state index in [9.17, 15) is 4.79 Å². The second-order valence-electron chi connectivity index (χ2n) is 3.64. The number of thiophene rings is 1. The van der Waals surface area contributed by atoms with E-state index in [1.807, 2.05) is 19.9 Å². The number of aryl methyl sites for hydroxylation is 1. The lowest BCUT2D eigenvalue weighted by atomic mass is 10.2. The van der Waals surface area contributed by atoms with Crippen LogP contribution >= 0.6 is 11.3 Å². The molecule has 2 N–H and O–H groups in total. The molecule has 1 aromatic rings. The third-order valence-corrected chi connectivity index (χ3v) is 3.22. The van der Waals surface area contributed by atoms with Crippen LogP contribution in [-0.2, 0) is 0 Å². The van der Waals surface area contributed by atoms with Gasteiger partial charge in [-0.15, -0.1) is 11.3 Å². The maximum atomic E-state index is 11.9. The lowest BCUT2D eigenvalue weighted by Crippen LogP contribution is -2.32. The SMILES string of the molecule is COc1cc(C)sc1C(=O)NC(C)CCO. The van der Waals surface area contributed by atoms with Crippen LogP contribution in [-0.4, -0.2) is 30.8 Å². The zero-order valence-corrected chi connectivity index (χ0v) is 10.6. The number of carbonyl (C=O) groups excluding carboxylic acids is 1. The Labute approximate surface area is 99.2 Å². The molecule has 0 saturated heterocycles. The van der Waals surface area contributed by atoms with Gasteiger partial charge in [0.05, 0.1) is 7.11 Å². The largest absolute Gasteiger partial charge is 0.495 e. The number of carbonyl (C=O) groups is 1. The van der Waals surface area contributed by atoms with E-state index >= 15 is 0 Å². The zero-order chi connectivity index (χ0) is 12.1. The highest BCUT2D eigenvalue weighted by Gasteiger charge is 2.17. The van der Waals surface area contributed by atoms with Crippen molar-refractivity contribution in [2.75, 3.05) is 13.7 Å². The van der Waals surface area contributed by atoms with Crippen molar-refractivity contribution in [1.29, 1.82) is 0 Å². The number of aliphatic hydroxyl groups is 1. The van der Waals surface area contributed by atoms with Crippen molar-refractivity contribution in [3.05, 3.63) is 15.8 Å². The van der Waals surface area contributed by atoms with Crippen molar-refractivity contribution in [2.24, 2.45) is 0 Å². The average Bonchev–Trinajstić information content (AvgIpc) is 2.59.